The summed E-state index contributed by atoms with van der Waals surface area (Å²) in [5.74, 6) is 1.45. The first-order valence-electron chi connectivity index (χ1n) is 4.64. The number of ether oxygens (including phenoxy) is 1. The van der Waals surface area contributed by atoms with Crippen molar-refractivity contribution in [3.05, 3.63) is 0 Å². The highest BCUT2D eigenvalue weighted by Crippen LogP contribution is 2.35. The van der Waals surface area contributed by atoms with E-state index in [2.05, 4.69) is 12.2 Å². The maximum Gasteiger partial charge on any atom is 0.407 e. The summed E-state index contributed by atoms with van der Waals surface area (Å²) in [7, 11) is 0. The standard InChI is InChI=1S/C9H17NO2/c1-3-12-9(11)10-6-7(2)8-4-5-8/h7-8H,3-6H2,1-2H3,(H,10,11). The van der Waals surface area contributed by atoms with Crippen LogP contribution in [0.3, 0.4) is 0 Å². The quantitative estimate of drug-likeness (QED) is 0.700. The lowest BCUT2D eigenvalue weighted by molar-refractivity contribution is 0.150. The van der Waals surface area contributed by atoms with Crippen molar-refractivity contribution in [3.8, 4) is 0 Å². The molecule has 1 aliphatic carbocycles. The van der Waals surface area contributed by atoms with Gasteiger partial charge in [-0.05, 0) is 31.6 Å². The lowest BCUT2D eigenvalue weighted by atomic mass is 10.1. The van der Waals surface area contributed by atoms with Gasteiger partial charge in [-0.25, -0.2) is 4.79 Å². The van der Waals surface area contributed by atoms with Crippen LogP contribution in [0.4, 0.5) is 4.79 Å². The molecule has 0 saturated heterocycles. The molecule has 0 bridgehead atoms. The van der Waals surface area contributed by atoms with Crippen molar-refractivity contribution in [1.82, 2.24) is 5.32 Å². The number of amides is 1. The zero-order valence-electron chi connectivity index (χ0n) is 7.80. The van der Waals surface area contributed by atoms with Crippen molar-refractivity contribution in [2.75, 3.05) is 13.2 Å². The van der Waals surface area contributed by atoms with Crippen molar-refractivity contribution < 1.29 is 9.53 Å². The second kappa shape index (κ2) is 4.33. The van der Waals surface area contributed by atoms with Crippen LogP contribution in [0.15, 0.2) is 0 Å². The number of hydrogen-bond donors (Lipinski definition) is 1. The summed E-state index contributed by atoms with van der Waals surface area (Å²) in [5.41, 5.74) is 0. The van der Waals surface area contributed by atoms with E-state index in [1.807, 2.05) is 6.92 Å². The molecule has 0 spiro atoms. The second-order valence-corrected chi connectivity index (χ2v) is 3.42. The SMILES string of the molecule is CCOC(=O)NCC(C)C1CC1. The van der Waals surface area contributed by atoms with Gasteiger partial charge in [0.05, 0.1) is 6.61 Å². The third kappa shape index (κ3) is 3.11. The van der Waals surface area contributed by atoms with Crippen LogP contribution in [0.25, 0.3) is 0 Å². The highest BCUT2D eigenvalue weighted by molar-refractivity contribution is 5.66. The molecule has 1 N–H and O–H groups in total. The molecule has 0 aliphatic heterocycles. The van der Waals surface area contributed by atoms with E-state index < -0.39 is 0 Å². The van der Waals surface area contributed by atoms with Gasteiger partial charge in [-0.1, -0.05) is 6.92 Å². The minimum atomic E-state index is -0.287. The van der Waals surface area contributed by atoms with Crippen LogP contribution < -0.4 is 5.32 Å². The van der Waals surface area contributed by atoms with Crippen LogP contribution in [-0.4, -0.2) is 19.2 Å². The molecule has 1 fully saturated rings. The monoisotopic (exact) mass is 171 g/mol. The third-order valence-electron chi connectivity index (χ3n) is 2.27. The van der Waals surface area contributed by atoms with Crippen molar-refractivity contribution in [2.24, 2.45) is 11.8 Å². The van der Waals surface area contributed by atoms with Gasteiger partial charge in [-0.15, -0.1) is 0 Å². The molecule has 0 aromatic carbocycles. The fourth-order valence-corrected chi connectivity index (χ4v) is 1.26. The van der Waals surface area contributed by atoms with E-state index in [4.69, 9.17) is 4.74 Å². The van der Waals surface area contributed by atoms with E-state index in [1.165, 1.54) is 12.8 Å². The van der Waals surface area contributed by atoms with E-state index in [0.29, 0.717) is 12.5 Å². The fourth-order valence-electron chi connectivity index (χ4n) is 1.26. The number of carbonyl (C=O) groups is 1. The number of alkyl carbamates (subject to hydrolysis) is 1. The van der Waals surface area contributed by atoms with Gasteiger partial charge in [0.1, 0.15) is 0 Å². The first-order chi connectivity index (χ1) is 5.74. The lowest BCUT2D eigenvalue weighted by Gasteiger charge is -2.10. The third-order valence-corrected chi connectivity index (χ3v) is 2.27. The maximum atomic E-state index is 10.9. The lowest BCUT2D eigenvalue weighted by Crippen LogP contribution is -2.29. The molecule has 1 atom stereocenters. The van der Waals surface area contributed by atoms with Gasteiger partial charge >= 0.3 is 6.09 Å². The molecule has 3 nitrogen and oxygen atoms in total. The summed E-state index contributed by atoms with van der Waals surface area (Å²) in [4.78, 5) is 10.9. The van der Waals surface area contributed by atoms with Crippen LogP contribution in [0.2, 0.25) is 0 Å². The Hall–Kier alpha value is -0.730. The predicted molar refractivity (Wildman–Crippen MR) is 46.9 cm³/mol. The normalized spacial score (nSPS) is 18.5. The van der Waals surface area contributed by atoms with Crippen LogP contribution in [0.5, 0.6) is 0 Å². The summed E-state index contributed by atoms with van der Waals surface area (Å²) in [6, 6.07) is 0. The molecule has 0 heterocycles. The van der Waals surface area contributed by atoms with Crippen molar-refractivity contribution in [1.29, 1.82) is 0 Å². The van der Waals surface area contributed by atoms with E-state index in [9.17, 15) is 4.79 Å². The Morgan fingerprint density at radius 3 is 2.83 bits per heavy atom. The average Bonchev–Trinajstić information content (AvgIpc) is 2.83. The number of carbonyl (C=O) groups excluding carboxylic acids is 1. The summed E-state index contributed by atoms with van der Waals surface area (Å²) >= 11 is 0. The Morgan fingerprint density at radius 2 is 2.33 bits per heavy atom. The van der Waals surface area contributed by atoms with Gasteiger partial charge in [-0.3, -0.25) is 0 Å². The number of rotatable bonds is 4. The van der Waals surface area contributed by atoms with Crippen molar-refractivity contribution >= 4 is 6.09 Å². The molecule has 1 amide bonds. The van der Waals surface area contributed by atoms with E-state index >= 15 is 0 Å². The van der Waals surface area contributed by atoms with E-state index in [1.54, 1.807) is 0 Å². The molecule has 70 valence electrons. The highest BCUT2D eigenvalue weighted by Gasteiger charge is 2.27. The topological polar surface area (TPSA) is 38.3 Å². The van der Waals surface area contributed by atoms with Crippen molar-refractivity contribution in [2.45, 2.75) is 26.7 Å². The summed E-state index contributed by atoms with van der Waals surface area (Å²) < 4.78 is 4.74. The molecule has 0 radical (unpaired) electrons. The molecule has 1 unspecified atom stereocenters. The second-order valence-electron chi connectivity index (χ2n) is 3.42. The zero-order chi connectivity index (χ0) is 8.97. The highest BCUT2D eigenvalue weighted by atomic mass is 16.5. The summed E-state index contributed by atoms with van der Waals surface area (Å²) in [6.45, 7) is 5.18. The summed E-state index contributed by atoms with van der Waals surface area (Å²) in [6.07, 6.45) is 2.36. The zero-order valence-corrected chi connectivity index (χ0v) is 7.80. The molecule has 3 heteroatoms. The van der Waals surface area contributed by atoms with E-state index in [0.717, 1.165) is 12.5 Å². The Bertz CT molecular complexity index is 155. The number of nitrogens with one attached hydrogen (secondary N) is 1. The van der Waals surface area contributed by atoms with Gasteiger partial charge in [-0.2, -0.15) is 0 Å². The fraction of sp³-hybridized carbons (Fsp3) is 0.889. The average molecular weight is 171 g/mol. The molecule has 1 saturated carbocycles. The van der Waals surface area contributed by atoms with Crippen LogP contribution in [0.1, 0.15) is 26.7 Å². The molecule has 12 heavy (non-hydrogen) atoms. The maximum absolute atomic E-state index is 10.9. The minimum Gasteiger partial charge on any atom is -0.450 e. The molecule has 0 aromatic rings. The summed E-state index contributed by atoms with van der Waals surface area (Å²) in [5, 5.41) is 2.74. The Labute approximate surface area is 73.5 Å². The Morgan fingerprint density at radius 1 is 1.67 bits per heavy atom. The Balaban J connectivity index is 2.03. The molecule has 0 aromatic heterocycles. The van der Waals surface area contributed by atoms with Gasteiger partial charge in [0.25, 0.3) is 0 Å². The van der Waals surface area contributed by atoms with E-state index in [-0.39, 0.29) is 6.09 Å². The molecular weight excluding hydrogens is 154 g/mol. The van der Waals surface area contributed by atoms with Gasteiger partial charge in [0.15, 0.2) is 0 Å². The van der Waals surface area contributed by atoms with Gasteiger partial charge in [0.2, 0.25) is 0 Å². The minimum absolute atomic E-state index is 0.287. The van der Waals surface area contributed by atoms with Crippen LogP contribution >= 0.6 is 0 Å². The Kier molecular flexibility index (Phi) is 3.38. The number of hydrogen-bond acceptors (Lipinski definition) is 2. The molecular formula is C9H17NO2. The first-order valence-corrected chi connectivity index (χ1v) is 4.64. The smallest absolute Gasteiger partial charge is 0.407 e. The van der Waals surface area contributed by atoms with Crippen LogP contribution in [0, 0.1) is 11.8 Å². The van der Waals surface area contributed by atoms with Gasteiger partial charge < -0.3 is 10.1 Å². The largest absolute Gasteiger partial charge is 0.450 e. The van der Waals surface area contributed by atoms with Crippen LogP contribution in [-0.2, 0) is 4.74 Å². The molecule has 1 rings (SSSR count). The molecule has 1 aliphatic rings. The predicted octanol–water partition coefficient (Wildman–Crippen LogP) is 1.78. The van der Waals surface area contributed by atoms with Crippen molar-refractivity contribution in [3.63, 3.8) is 0 Å². The van der Waals surface area contributed by atoms with Gasteiger partial charge in [0, 0.05) is 6.54 Å². The first kappa shape index (κ1) is 9.36.